The van der Waals surface area contributed by atoms with Crippen LogP contribution in [0.5, 0.6) is 0 Å². The number of nitrogens with two attached hydrogens (primary N) is 1. The second-order valence-corrected chi connectivity index (χ2v) is 7.56. The maximum absolute atomic E-state index is 12.4. The number of nitrogens with zero attached hydrogens (tertiary/aromatic N) is 1. The summed E-state index contributed by atoms with van der Waals surface area (Å²) in [5, 5.41) is 11.4. The highest BCUT2D eigenvalue weighted by atomic mass is 32.2. The molecule has 114 valence electrons. The first kappa shape index (κ1) is 15.5. The van der Waals surface area contributed by atoms with E-state index in [9.17, 15) is 16.8 Å². The number of hydrogen-bond donors (Lipinski definition) is 3. The van der Waals surface area contributed by atoms with Crippen molar-refractivity contribution in [2.45, 2.75) is 23.6 Å². The van der Waals surface area contributed by atoms with Crippen LogP contribution < -0.4 is 9.86 Å². The molecule has 0 aliphatic rings. The van der Waals surface area contributed by atoms with Gasteiger partial charge in [-0.2, -0.15) is 5.10 Å². The van der Waals surface area contributed by atoms with E-state index in [1.165, 1.54) is 31.2 Å². The van der Waals surface area contributed by atoms with Crippen molar-refractivity contribution in [3.8, 4) is 0 Å². The molecule has 0 amide bonds. The molecule has 0 aliphatic heterocycles. The summed E-state index contributed by atoms with van der Waals surface area (Å²) in [6, 6.07) is 5.50. The Morgan fingerprint density at radius 3 is 2.29 bits per heavy atom. The Bertz CT molecular complexity index is 865. The molecule has 1 aromatic carbocycles. The van der Waals surface area contributed by atoms with E-state index in [0.29, 0.717) is 5.69 Å². The van der Waals surface area contributed by atoms with Gasteiger partial charge in [-0.05, 0) is 26.0 Å². The fourth-order valence-electron chi connectivity index (χ4n) is 1.93. The van der Waals surface area contributed by atoms with Gasteiger partial charge in [0.1, 0.15) is 9.79 Å². The lowest BCUT2D eigenvalue weighted by molar-refractivity contribution is 0.598. The van der Waals surface area contributed by atoms with Gasteiger partial charge in [-0.1, -0.05) is 12.1 Å². The van der Waals surface area contributed by atoms with Gasteiger partial charge in [0.25, 0.3) is 10.0 Å². The van der Waals surface area contributed by atoms with E-state index in [0.717, 1.165) is 0 Å². The van der Waals surface area contributed by atoms with E-state index < -0.39 is 20.0 Å². The monoisotopic (exact) mass is 330 g/mol. The molecule has 0 fully saturated rings. The van der Waals surface area contributed by atoms with E-state index in [1.54, 1.807) is 6.92 Å². The summed E-state index contributed by atoms with van der Waals surface area (Å²) >= 11 is 0. The van der Waals surface area contributed by atoms with Crippen molar-refractivity contribution in [3.05, 3.63) is 35.7 Å². The summed E-state index contributed by atoms with van der Waals surface area (Å²) in [5.41, 5.74) is 0.529. The number of aromatic nitrogens is 2. The Morgan fingerprint density at radius 2 is 1.76 bits per heavy atom. The van der Waals surface area contributed by atoms with Crippen molar-refractivity contribution in [1.29, 1.82) is 0 Å². The molecule has 0 atom stereocenters. The van der Waals surface area contributed by atoms with E-state index in [4.69, 9.17) is 5.14 Å². The number of rotatable bonds is 4. The standard InChI is InChI=1S/C11H14N4O4S2/c1-7-11(8(2)14-13-7)21(18,19)15-9-5-3-4-6-10(9)20(12,16)17/h3-6,15H,1-2H3,(H,13,14)(H2,12,16,17). The molecule has 4 N–H and O–H groups in total. The van der Waals surface area contributed by atoms with Crippen LogP contribution in [0.15, 0.2) is 34.1 Å². The van der Waals surface area contributed by atoms with Gasteiger partial charge in [0.2, 0.25) is 10.0 Å². The second kappa shape index (κ2) is 5.13. The van der Waals surface area contributed by atoms with Crippen molar-refractivity contribution >= 4 is 25.7 Å². The number of aryl methyl sites for hydroxylation is 2. The number of nitrogens with one attached hydrogen (secondary N) is 2. The van der Waals surface area contributed by atoms with Gasteiger partial charge < -0.3 is 0 Å². The Balaban J connectivity index is 2.53. The number of hydrogen-bond acceptors (Lipinski definition) is 5. The average molecular weight is 330 g/mol. The molecule has 0 saturated carbocycles. The lowest BCUT2D eigenvalue weighted by Crippen LogP contribution is -2.19. The van der Waals surface area contributed by atoms with E-state index in [1.807, 2.05) is 0 Å². The first-order chi connectivity index (χ1) is 9.63. The molecular formula is C11H14N4O4S2. The van der Waals surface area contributed by atoms with E-state index in [2.05, 4.69) is 14.9 Å². The van der Waals surface area contributed by atoms with Crippen LogP contribution in [0.4, 0.5) is 5.69 Å². The fraction of sp³-hybridized carbons (Fsp3) is 0.182. The molecule has 21 heavy (non-hydrogen) atoms. The zero-order valence-corrected chi connectivity index (χ0v) is 12.9. The minimum Gasteiger partial charge on any atom is -0.281 e. The lowest BCUT2D eigenvalue weighted by atomic mass is 10.3. The van der Waals surface area contributed by atoms with Crippen LogP contribution in [0, 0.1) is 13.8 Å². The maximum Gasteiger partial charge on any atom is 0.265 e. The number of H-pyrrole nitrogens is 1. The minimum atomic E-state index is -4.05. The molecule has 1 aromatic heterocycles. The van der Waals surface area contributed by atoms with Gasteiger partial charge >= 0.3 is 0 Å². The van der Waals surface area contributed by atoms with Crippen LogP contribution in [0.3, 0.4) is 0 Å². The molecule has 0 bridgehead atoms. The van der Waals surface area contributed by atoms with Crippen molar-refractivity contribution < 1.29 is 16.8 Å². The van der Waals surface area contributed by atoms with E-state index >= 15 is 0 Å². The molecule has 0 aliphatic carbocycles. The van der Waals surface area contributed by atoms with Crippen molar-refractivity contribution in [2.24, 2.45) is 5.14 Å². The van der Waals surface area contributed by atoms with Gasteiger partial charge in [0, 0.05) is 0 Å². The predicted molar refractivity (Wildman–Crippen MR) is 76.7 cm³/mol. The van der Waals surface area contributed by atoms with Gasteiger partial charge in [-0.25, -0.2) is 22.0 Å². The fourth-order valence-corrected chi connectivity index (χ4v) is 4.14. The van der Waals surface area contributed by atoms with Crippen molar-refractivity contribution in [1.82, 2.24) is 10.2 Å². The van der Waals surface area contributed by atoms with Crippen molar-refractivity contribution in [2.75, 3.05) is 4.72 Å². The molecule has 0 spiro atoms. The first-order valence-corrected chi connectivity index (χ1v) is 8.82. The summed E-state index contributed by atoms with van der Waals surface area (Å²) in [6.07, 6.45) is 0. The molecule has 2 rings (SSSR count). The SMILES string of the molecule is Cc1n[nH]c(C)c1S(=O)(=O)Nc1ccccc1S(N)(=O)=O. The third-order valence-corrected chi connectivity index (χ3v) is 5.36. The molecule has 8 nitrogen and oxygen atoms in total. The normalized spacial score (nSPS) is 12.3. The Kier molecular flexibility index (Phi) is 3.78. The maximum atomic E-state index is 12.4. The van der Waals surface area contributed by atoms with Crippen LogP contribution in [0.2, 0.25) is 0 Å². The smallest absolute Gasteiger partial charge is 0.265 e. The summed E-state index contributed by atoms with van der Waals surface area (Å²) < 4.78 is 50.0. The predicted octanol–water partition coefficient (Wildman–Crippen LogP) is 0.475. The quantitative estimate of drug-likeness (QED) is 0.749. The van der Waals surface area contributed by atoms with Crippen LogP contribution in [-0.4, -0.2) is 27.0 Å². The topological polar surface area (TPSA) is 135 Å². The highest BCUT2D eigenvalue weighted by Crippen LogP contribution is 2.25. The summed E-state index contributed by atoms with van der Waals surface area (Å²) in [5.74, 6) is 0. The number of sulfonamides is 2. The highest BCUT2D eigenvalue weighted by Gasteiger charge is 2.24. The Hall–Kier alpha value is -1.91. The summed E-state index contributed by atoms with van der Waals surface area (Å²) in [7, 11) is -8.02. The van der Waals surface area contributed by atoms with Crippen LogP contribution in [-0.2, 0) is 20.0 Å². The second-order valence-electron chi connectivity index (χ2n) is 4.41. The van der Waals surface area contributed by atoms with Crippen LogP contribution in [0.1, 0.15) is 11.4 Å². The third-order valence-electron chi connectivity index (χ3n) is 2.77. The van der Waals surface area contributed by atoms with Gasteiger partial charge in [0.05, 0.1) is 17.1 Å². The zero-order chi connectivity index (χ0) is 15.8. The number of para-hydroxylation sites is 1. The van der Waals surface area contributed by atoms with Crippen LogP contribution >= 0.6 is 0 Å². The molecule has 0 saturated heterocycles. The molecule has 1 heterocycles. The number of anilines is 1. The Labute approximate surface area is 122 Å². The number of primary sulfonamides is 1. The molecule has 10 heteroatoms. The van der Waals surface area contributed by atoms with Gasteiger partial charge in [-0.3, -0.25) is 9.82 Å². The third kappa shape index (κ3) is 3.06. The van der Waals surface area contributed by atoms with Gasteiger partial charge in [0.15, 0.2) is 0 Å². The summed E-state index contributed by atoms with van der Waals surface area (Å²) in [6.45, 7) is 3.09. The first-order valence-electron chi connectivity index (χ1n) is 5.79. The number of benzene rings is 1. The van der Waals surface area contributed by atoms with E-state index in [-0.39, 0.29) is 21.2 Å². The molecular weight excluding hydrogens is 316 g/mol. The zero-order valence-electron chi connectivity index (χ0n) is 11.3. The molecule has 2 aromatic rings. The number of aromatic amines is 1. The molecule has 0 unspecified atom stereocenters. The van der Waals surface area contributed by atoms with Crippen molar-refractivity contribution in [3.63, 3.8) is 0 Å². The highest BCUT2D eigenvalue weighted by molar-refractivity contribution is 7.93. The lowest BCUT2D eigenvalue weighted by Gasteiger charge is -2.11. The minimum absolute atomic E-state index is 0.0216. The molecule has 0 radical (unpaired) electrons. The van der Waals surface area contributed by atoms with Crippen LogP contribution in [0.25, 0.3) is 0 Å². The summed E-state index contributed by atoms with van der Waals surface area (Å²) in [4.78, 5) is -0.320. The largest absolute Gasteiger partial charge is 0.281 e. The Morgan fingerprint density at radius 1 is 1.14 bits per heavy atom. The average Bonchev–Trinajstić information content (AvgIpc) is 2.68. The van der Waals surface area contributed by atoms with Gasteiger partial charge in [-0.15, -0.1) is 0 Å².